The molecule has 2 fully saturated rings. The lowest BCUT2D eigenvalue weighted by Gasteiger charge is -2.38. The summed E-state index contributed by atoms with van der Waals surface area (Å²) >= 11 is 0. The van der Waals surface area contributed by atoms with Crippen LogP contribution in [0.25, 0.3) is 0 Å². The molecule has 0 saturated carbocycles. The number of amides is 1. The predicted molar refractivity (Wildman–Crippen MR) is 76.1 cm³/mol. The SMILES string of the molecule is CCCC(C)N1CCC(C(=O)N2CCOCC2)CC1. The van der Waals surface area contributed by atoms with Crippen LogP contribution in [0.15, 0.2) is 0 Å². The summed E-state index contributed by atoms with van der Waals surface area (Å²) in [6, 6.07) is 0.671. The number of carbonyl (C=O) groups is 1. The third kappa shape index (κ3) is 3.93. The van der Waals surface area contributed by atoms with Crippen molar-refractivity contribution in [2.24, 2.45) is 5.92 Å². The van der Waals surface area contributed by atoms with Gasteiger partial charge in [-0.15, -0.1) is 0 Å². The van der Waals surface area contributed by atoms with Crippen molar-refractivity contribution in [3.05, 3.63) is 0 Å². The number of hydrogen-bond donors (Lipinski definition) is 0. The lowest BCUT2D eigenvalue weighted by molar-refractivity contribution is -0.141. The smallest absolute Gasteiger partial charge is 0.225 e. The van der Waals surface area contributed by atoms with Crippen molar-refractivity contribution in [1.82, 2.24) is 9.80 Å². The third-order valence-corrected chi connectivity index (χ3v) is 4.53. The molecule has 2 aliphatic heterocycles. The molecular formula is C15H28N2O2. The zero-order chi connectivity index (χ0) is 13.7. The molecule has 0 bridgehead atoms. The van der Waals surface area contributed by atoms with Gasteiger partial charge < -0.3 is 14.5 Å². The van der Waals surface area contributed by atoms with Crippen LogP contribution in [0.2, 0.25) is 0 Å². The van der Waals surface area contributed by atoms with Gasteiger partial charge in [-0.3, -0.25) is 4.79 Å². The molecular weight excluding hydrogens is 240 g/mol. The quantitative estimate of drug-likeness (QED) is 0.778. The lowest BCUT2D eigenvalue weighted by Crippen LogP contribution is -2.48. The van der Waals surface area contributed by atoms with Crippen LogP contribution in [-0.4, -0.2) is 61.1 Å². The minimum atomic E-state index is 0.253. The average molecular weight is 268 g/mol. The Morgan fingerprint density at radius 3 is 2.42 bits per heavy atom. The molecule has 1 atom stereocenters. The van der Waals surface area contributed by atoms with Crippen molar-refractivity contribution in [3.63, 3.8) is 0 Å². The first-order valence-electron chi connectivity index (χ1n) is 7.83. The van der Waals surface area contributed by atoms with Crippen LogP contribution in [0.3, 0.4) is 0 Å². The Balaban J connectivity index is 1.77. The molecule has 2 aliphatic rings. The van der Waals surface area contributed by atoms with E-state index in [0.29, 0.717) is 25.2 Å². The molecule has 0 N–H and O–H groups in total. The fourth-order valence-corrected chi connectivity index (χ4v) is 3.23. The second kappa shape index (κ2) is 7.25. The van der Waals surface area contributed by atoms with Gasteiger partial charge in [0.15, 0.2) is 0 Å². The second-order valence-electron chi connectivity index (χ2n) is 5.89. The van der Waals surface area contributed by atoms with E-state index in [-0.39, 0.29) is 5.92 Å². The molecule has 110 valence electrons. The van der Waals surface area contributed by atoms with Crippen molar-refractivity contribution in [3.8, 4) is 0 Å². The standard InChI is InChI=1S/C15H28N2O2/c1-3-4-13(2)16-7-5-14(6-8-16)15(18)17-9-11-19-12-10-17/h13-14H,3-12H2,1-2H3. The van der Waals surface area contributed by atoms with E-state index in [1.165, 1.54) is 12.8 Å². The van der Waals surface area contributed by atoms with Crippen molar-refractivity contribution in [1.29, 1.82) is 0 Å². The molecule has 0 radical (unpaired) electrons. The predicted octanol–water partition coefficient (Wildman–Crippen LogP) is 1.75. The lowest BCUT2D eigenvalue weighted by atomic mass is 9.93. The number of likely N-dealkylation sites (tertiary alicyclic amines) is 1. The van der Waals surface area contributed by atoms with Crippen molar-refractivity contribution < 1.29 is 9.53 Å². The van der Waals surface area contributed by atoms with Gasteiger partial charge in [0.1, 0.15) is 0 Å². The highest BCUT2D eigenvalue weighted by atomic mass is 16.5. The topological polar surface area (TPSA) is 32.8 Å². The van der Waals surface area contributed by atoms with Gasteiger partial charge in [-0.25, -0.2) is 0 Å². The van der Waals surface area contributed by atoms with Crippen molar-refractivity contribution in [2.45, 2.75) is 45.6 Å². The maximum Gasteiger partial charge on any atom is 0.225 e. The molecule has 0 aliphatic carbocycles. The van der Waals surface area contributed by atoms with E-state index >= 15 is 0 Å². The first-order chi connectivity index (χ1) is 9.22. The summed E-state index contributed by atoms with van der Waals surface area (Å²) in [6.45, 7) is 9.70. The van der Waals surface area contributed by atoms with Crippen molar-refractivity contribution in [2.75, 3.05) is 39.4 Å². The van der Waals surface area contributed by atoms with E-state index in [1.54, 1.807) is 0 Å². The van der Waals surface area contributed by atoms with Crippen LogP contribution >= 0.6 is 0 Å². The average Bonchev–Trinajstić information content (AvgIpc) is 2.48. The van der Waals surface area contributed by atoms with Gasteiger partial charge in [-0.2, -0.15) is 0 Å². The Hall–Kier alpha value is -0.610. The van der Waals surface area contributed by atoms with Gasteiger partial charge in [-0.05, 0) is 39.3 Å². The van der Waals surface area contributed by atoms with Crippen molar-refractivity contribution >= 4 is 5.91 Å². The molecule has 0 spiro atoms. The second-order valence-corrected chi connectivity index (χ2v) is 5.89. The third-order valence-electron chi connectivity index (χ3n) is 4.53. The molecule has 2 saturated heterocycles. The van der Waals surface area contributed by atoms with Gasteiger partial charge in [-0.1, -0.05) is 13.3 Å². The van der Waals surface area contributed by atoms with Gasteiger partial charge in [0.25, 0.3) is 0 Å². The molecule has 0 aromatic rings. The van der Waals surface area contributed by atoms with Crippen LogP contribution in [0.1, 0.15) is 39.5 Å². The summed E-state index contributed by atoms with van der Waals surface area (Å²) < 4.78 is 5.31. The summed E-state index contributed by atoms with van der Waals surface area (Å²) in [4.78, 5) is 17.0. The molecule has 4 nitrogen and oxygen atoms in total. The Kier molecular flexibility index (Phi) is 5.64. The Morgan fingerprint density at radius 1 is 1.21 bits per heavy atom. The van der Waals surface area contributed by atoms with E-state index in [2.05, 4.69) is 18.7 Å². The Morgan fingerprint density at radius 2 is 1.84 bits per heavy atom. The number of rotatable bonds is 4. The summed E-state index contributed by atoms with van der Waals surface area (Å²) in [5.74, 6) is 0.620. The molecule has 2 heterocycles. The highest BCUT2D eigenvalue weighted by Gasteiger charge is 2.30. The van der Waals surface area contributed by atoms with Crippen LogP contribution in [0, 0.1) is 5.92 Å². The zero-order valence-corrected chi connectivity index (χ0v) is 12.4. The van der Waals surface area contributed by atoms with Crippen LogP contribution in [-0.2, 0) is 9.53 Å². The summed E-state index contributed by atoms with van der Waals surface area (Å²) in [5, 5.41) is 0. The number of nitrogens with zero attached hydrogens (tertiary/aromatic N) is 2. The molecule has 1 amide bonds. The highest BCUT2D eigenvalue weighted by Crippen LogP contribution is 2.22. The summed E-state index contributed by atoms with van der Waals surface area (Å²) in [7, 11) is 0. The first kappa shape index (κ1) is 14.8. The minimum Gasteiger partial charge on any atom is -0.378 e. The molecule has 0 aromatic heterocycles. The number of piperidine rings is 1. The monoisotopic (exact) mass is 268 g/mol. The molecule has 4 heteroatoms. The normalized spacial score (nSPS) is 24.4. The van der Waals surface area contributed by atoms with E-state index in [9.17, 15) is 4.79 Å². The molecule has 2 rings (SSSR count). The Bertz CT molecular complexity index is 282. The molecule has 1 unspecified atom stereocenters. The van der Waals surface area contributed by atoms with Gasteiger partial charge in [0.05, 0.1) is 13.2 Å². The van der Waals surface area contributed by atoms with Crippen LogP contribution in [0.4, 0.5) is 0 Å². The number of carbonyl (C=O) groups excluding carboxylic acids is 1. The maximum atomic E-state index is 12.4. The number of morpholine rings is 1. The van der Waals surface area contributed by atoms with E-state index < -0.39 is 0 Å². The Labute approximate surface area is 117 Å². The summed E-state index contributed by atoms with van der Waals surface area (Å²) in [6.07, 6.45) is 4.57. The summed E-state index contributed by atoms with van der Waals surface area (Å²) in [5.41, 5.74) is 0. The molecule has 0 aromatic carbocycles. The van der Waals surface area contributed by atoms with E-state index in [0.717, 1.165) is 39.0 Å². The van der Waals surface area contributed by atoms with Gasteiger partial charge in [0, 0.05) is 25.0 Å². The fraction of sp³-hybridized carbons (Fsp3) is 0.933. The van der Waals surface area contributed by atoms with Gasteiger partial charge in [0.2, 0.25) is 5.91 Å². The number of ether oxygens (including phenoxy) is 1. The number of hydrogen-bond acceptors (Lipinski definition) is 3. The zero-order valence-electron chi connectivity index (χ0n) is 12.4. The van der Waals surface area contributed by atoms with E-state index in [1.807, 2.05) is 4.90 Å². The highest BCUT2D eigenvalue weighted by molar-refractivity contribution is 5.79. The fourth-order valence-electron chi connectivity index (χ4n) is 3.23. The molecule has 19 heavy (non-hydrogen) atoms. The van der Waals surface area contributed by atoms with Gasteiger partial charge >= 0.3 is 0 Å². The largest absolute Gasteiger partial charge is 0.378 e. The maximum absolute atomic E-state index is 12.4. The minimum absolute atomic E-state index is 0.253. The van der Waals surface area contributed by atoms with E-state index in [4.69, 9.17) is 4.74 Å². The van der Waals surface area contributed by atoms with Crippen LogP contribution < -0.4 is 0 Å². The first-order valence-corrected chi connectivity index (χ1v) is 7.83. The van der Waals surface area contributed by atoms with Crippen LogP contribution in [0.5, 0.6) is 0 Å².